The Hall–Kier alpha value is -2.13. The number of amides is 1. The van der Waals surface area contributed by atoms with E-state index in [2.05, 4.69) is 29.0 Å². The Balaban J connectivity index is 1.75. The second-order valence-electron chi connectivity index (χ2n) is 6.42. The number of carbonyl (C=O) groups excluding carboxylic acids is 1. The first-order valence-corrected chi connectivity index (χ1v) is 8.07. The second-order valence-corrected chi connectivity index (χ2v) is 6.42. The monoisotopic (exact) mass is 315 g/mol. The summed E-state index contributed by atoms with van der Waals surface area (Å²) in [5.41, 5.74) is 0.516. The van der Waals surface area contributed by atoms with E-state index in [0.717, 1.165) is 26.1 Å². The highest BCUT2D eigenvalue weighted by atomic mass is 16.2. The highest BCUT2D eigenvalue weighted by Crippen LogP contribution is 2.17. The number of nitriles is 1. The average molecular weight is 315 g/mol. The fourth-order valence-corrected chi connectivity index (χ4v) is 2.79. The zero-order chi connectivity index (χ0) is 16.8. The van der Waals surface area contributed by atoms with Crippen molar-refractivity contribution in [2.24, 2.45) is 5.92 Å². The molecule has 1 aromatic heterocycles. The van der Waals surface area contributed by atoms with Crippen LogP contribution in [0.15, 0.2) is 18.3 Å². The molecule has 2 heterocycles. The Kier molecular flexibility index (Phi) is 5.94. The maximum Gasteiger partial charge on any atom is 0.239 e. The zero-order valence-corrected chi connectivity index (χ0v) is 14.1. The van der Waals surface area contributed by atoms with E-state index in [1.165, 1.54) is 6.20 Å². The molecule has 0 saturated carbocycles. The van der Waals surface area contributed by atoms with Crippen molar-refractivity contribution < 1.29 is 4.79 Å². The quantitative estimate of drug-likeness (QED) is 0.855. The molecule has 1 aliphatic heterocycles. The van der Waals surface area contributed by atoms with E-state index < -0.39 is 0 Å². The molecule has 0 spiro atoms. The number of hydrogen-bond acceptors (Lipinski definition) is 5. The van der Waals surface area contributed by atoms with Gasteiger partial charge in [-0.25, -0.2) is 4.98 Å². The Bertz CT molecular complexity index is 563. The summed E-state index contributed by atoms with van der Waals surface area (Å²) < 4.78 is 0. The van der Waals surface area contributed by atoms with Gasteiger partial charge in [-0.1, -0.05) is 0 Å². The third-order valence-corrected chi connectivity index (χ3v) is 4.28. The lowest BCUT2D eigenvalue weighted by Crippen LogP contribution is -2.38. The average Bonchev–Trinajstić information content (AvgIpc) is 3.02. The van der Waals surface area contributed by atoms with Gasteiger partial charge in [-0.15, -0.1) is 0 Å². The van der Waals surface area contributed by atoms with E-state index in [0.29, 0.717) is 23.3 Å². The molecule has 1 saturated heterocycles. The molecule has 1 aromatic rings. The zero-order valence-electron chi connectivity index (χ0n) is 14.1. The van der Waals surface area contributed by atoms with Gasteiger partial charge >= 0.3 is 0 Å². The van der Waals surface area contributed by atoms with E-state index in [-0.39, 0.29) is 12.5 Å². The van der Waals surface area contributed by atoms with E-state index in [9.17, 15) is 4.79 Å². The van der Waals surface area contributed by atoms with Gasteiger partial charge < -0.3 is 15.1 Å². The molecule has 1 aliphatic rings. The molecular formula is C17H25N5O. The van der Waals surface area contributed by atoms with Crippen LogP contribution in [0.2, 0.25) is 0 Å². The minimum Gasteiger partial charge on any atom is -0.354 e. The summed E-state index contributed by atoms with van der Waals surface area (Å²) in [6, 6.07) is 6.06. The number of aromatic nitrogens is 1. The van der Waals surface area contributed by atoms with Crippen LogP contribution in [0.25, 0.3) is 0 Å². The summed E-state index contributed by atoms with van der Waals surface area (Å²) in [6.07, 6.45) is 2.66. The van der Waals surface area contributed by atoms with Crippen molar-refractivity contribution in [2.45, 2.75) is 26.3 Å². The molecule has 6 nitrogen and oxygen atoms in total. The summed E-state index contributed by atoms with van der Waals surface area (Å²) in [6.45, 7) is 7.59. The molecule has 0 radical (unpaired) electrons. The van der Waals surface area contributed by atoms with Crippen LogP contribution in [0.3, 0.4) is 0 Å². The van der Waals surface area contributed by atoms with Gasteiger partial charge in [0.25, 0.3) is 0 Å². The van der Waals surface area contributed by atoms with E-state index in [1.807, 2.05) is 13.1 Å². The van der Waals surface area contributed by atoms with Crippen molar-refractivity contribution in [2.75, 3.05) is 38.1 Å². The molecule has 1 atom stereocenters. The van der Waals surface area contributed by atoms with Gasteiger partial charge in [0, 0.05) is 32.4 Å². The third kappa shape index (κ3) is 4.93. The molecule has 1 fully saturated rings. The van der Waals surface area contributed by atoms with Crippen molar-refractivity contribution in [1.82, 2.24) is 15.2 Å². The molecule has 6 heteroatoms. The van der Waals surface area contributed by atoms with Gasteiger partial charge in [0.1, 0.15) is 11.9 Å². The summed E-state index contributed by atoms with van der Waals surface area (Å²) >= 11 is 0. The molecule has 0 aromatic carbocycles. The number of anilines is 1. The molecule has 0 aliphatic carbocycles. The Morgan fingerprint density at radius 3 is 2.91 bits per heavy atom. The number of nitrogens with one attached hydrogen (secondary N) is 1. The Morgan fingerprint density at radius 2 is 2.35 bits per heavy atom. The van der Waals surface area contributed by atoms with Crippen molar-refractivity contribution in [3.05, 3.63) is 23.9 Å². The van der Waals surface area contributed by atoms with Gasteiger partial charge in [-0.05, 0) is 44.9 Å². The predicted molar refractivity (Wildman–Crippen MR) is 90.0 cm³/mol. The van der Waals surface area contributed by atoms with Gasteiger partial charge in [-0.3, -0.25) is 4.79 Å². The van der Waals surface area contributed by atoms with Gasteiger partial charge in [-0.2, -0.15) is 5.26 Å². The second kappa shape index (κ2) is 7.93. The maximum absolute atomic E-state index is 12.1. The molecule has 2 rings (SSSR count). The van der Waals surface area contributed by atoms with E-state index in [1.54, 1.807) is 17.0 Å². The summed E-state index contributed by atoms with van der Waals surface area (Å²) in [4.78, 5) is 20.5. The van der Waals surface area contributed by atoms with Gasteiger partial charge in [0.15, 0.2) is 0 Å². The Labute approximate surface area is 138 Å². The largest absolute Gasteiger partial charge is 0.354 e. The molecular weight excluding hydrogens is 290 g/mol. The summed E-state index contributed by atoms with van der Waals surface area (Å²) in [5.74, 6) is 1.23. The van der Waals surface area contributed by atoms with E-state index in [4.69, 9.17) is 5.26 Å². The van der Waals surface area contributed by atoms with Crippen LogP contribution in [0.4, 0.5) is 5.82 Å². The van der Waals surface area contributed by atoms with Crippen molar-refractivity contribution in [1.29, 1.82) is 5.26 Å². The number of likely N-dealkylation sites (N-methyl/N-ethyl adjacent to an activating group) is 1. The predicted octanol–water partition coefficient (Wildman–Crippen LogP) is 1.24. The number of pyridine rings is 1. The molecule has 1 N–H and O–H groups in total. The minimum absolute atomic E-state index is 0.00153. The third-order valence-electron chi connectivity index (χ3n) is 4.28. The number of likely N-dealkylation sites (tertiary alicyclic amines) is 1. The molecule has 124 valence electrons. The van der Waals surface area contributed by atoms with Crippen LogP contribution >= 0.6 is 0 Å². The highest BCUT2D eigenvalue weighted by Gasteiger charge is 2.24. The normalized spacial score (nSPS) is 18.0. The lowest BCUT2D eigenvalue weighted by atomic mass is 10.1. The molecule has 1 amide bonds. The number of carbonyl (C=O) groups is 1. The summed E-state index contributed by atoms with van der Waals surface area (Å²) in [5, 5.41) is 11.8. The van der Waals surface area contributed by atoms with Crippen molar-refractivity contribution in [3.63, 3.8) is 0 Å². The molecule has 0 bridgehead atoms. The van der Waals surface area contributed by atoms with Crippen LogP contribution in [-0.2, 0) is 4.79 Å². The van der Waals surface area contributed by atoms with Crippen molar-refractivity contribution >= 4 is 11.7 Å². The maximum atomic E-state index is 12.1. The number of hydrogen-bond donors (Lipinski definition) is 1. The molecule has 23 heavy (non-hydrogen) atoms. The smallest absolute Gasteiger partial charge is 0.239 e. The van der Waals surface area contributed by atoms with Crippen LogP contribution in [0.1, 0.15) is 25.8 Å². The fourth-order valence-electron chi connectivity index (χ4n) is 2.79. The lowest BCUT2D eigenvalue weighted by molar-refractivity contribution is -0.119. The van der Waals surface area contributed by atoms with Crippen LogP contribution < -0.4 is 10.2 Å². The number of nitrogens with zero attached hydrogens (tertiary/aromatic N) is 4. The first-order valence-electron chi connectivity index (χ1n) is 8.07. The van der Waals surface area contributed by atoms with Crippen molar-refractivity contribution in [3.8, 4) is 6.07 Å². The Morgan fingerprint density at radius 1 is 1.57 bits per heavy atom. The minimum atomic E-state index is 0.00153. The van der Waals surface area contributed by atoms with Crippen LogP contribution in [0.5, 0.6) is 0 Å². The van der Waals surface area contributed by atoms with E-state index >= 15 is 0 Å². The topological polar surface area (TPSA) is 72.3 Å². The lowest BCUT2D eigenvalue weighted by Gasteiger charge is -2.21. The first-order chi connectivity index (χ1) is 11.0. The SMILES string of the molecule is CC(C)N1CCC(CNC(=O)CN(C)c2ccc(C#N)cn2)C1. The number of rotatable bonds is 6. The fraction of sp³-hybridized carbons (Fsp3) is 0.588. The summed E-state index contributed by atoms with van der Waals surface area (Å²) in [7, 11) is 1.82. The molecule has 1 unspecified atom stereocenters. The highest BCUT2D eigenvalue weighted by molar-refractivity contribution is 5.80. The van der Waals surface area contributed by atoms with Gasteiger partial charge in [0.05, 0.1) is 12.1 Å². The van der Waals surface area contributed by atoms with Crippen LogP contribution in [-0.4, -0.2) is 55.1 Å². The van der Waals surface area contributed by atoms with Crippen LogP contribution in [0, 0.1) is 17.2 Å². The first kappa shape index (κ1) is 17.2. The van der Waals surface area contributed by atoms with Gasteiger partial charge in [0.2, 0.25) is 5.91 Å². The standard InChI is InChI=1S/C17H25N5O/c1-13(2)22-7-6-15(11-22)10-20-17(23)12-21(3)16-5-4-14(8-18)9-19-16/h4-5,9,13,15H,6-7,10-12H2,1-3H3,(H,20,23).